The fourth-order valence-corrected chi connectivity index (χ4v) is 2.64. The van der Waals surface area contributed by atoms with E-state index < -0.39 is 11.7 Å². The molecule has 2 nitrogen and oxygen atoms in total. The fourth-order valence-electron chi connectivity index (χ4n) is 2.64. The third-order valence-electron chi connectivity index (χ3n) is 4.19. The lowest BCUT2D eigenvalue weighted by Crippen LogP contribution is -2.27. The minimum absolute atomic E-state index is 0.0583. The second-order valence-corrected chi connectivity index (χ2v) is 6.51. The predicted molar refractivity (Wildman–Crippen MR) is 96.4 cm³/mol. The lowest BCUT2D eigenvalue weighted by molar-refractivity contribution is -0.137. The number of hydrogen-bond acceptors (Lipinski definition) is 2. The molecule has 0 aliphatic carbocycles. The van der Waals surface area contributed by atoms with Crippen LogP contribution in [0.1, 0.15) is 62.3 Å². The Morgan fingerprint density at radius 2 is 1.44 bits per heavy atom. The normalized spacial score (nSPS) is 13.1. The van der Waals surface area contributed by atoms with Gasteiger partial charge in [0.25, 0.3) is 0 Å². The van der Waals surface area contributed by atoms with Gasteiger partial charge in [-0.2, -0.15) is 13.2 Å². The molecule has 136 valence electrons. The van der Waals surface area contributed by atoms with Crippen LogP contribution in [0.4, 0.5) is 18.9 Å². The number of anilines is 1. The summed E-state index contributed by atoms with van der Waals surface area (Å²) >= 11 is 0. The van der Waals surface area contributed by atoms with E-state index in [1.807, 2.05) is 12.1 Å². The molecule has 0 aliphatic rings. The minimum atomic E-state index is -4.30. The molecule has 25 heavy (non-hydrogen) atoms. The van der Waals surface area contributed by atoms with Crippen LogP contribution in [0, 0.1) is 0 Å². The molecule has 0 aromatic heterocycles. The number of rotatable bonds is 7. The summed E-state index contributed by atoms with van der Waals surface area (Å²) in [6.07, 6.45) is -2.56. The van der Waals surface area contributed by atoms with E-state index in [1.165, 1.54) is 5.56 Å². The van der Waals surface area contributed by atoms with Gasteiger partial charge >= 0.3 is 6.18 Å². The van der Waals surface area contributed by atoms with Crippen molar-refractivity contribution in [3.63, 3.8) is 0 Å². The first-order chi connectivity index (χ1) is 11.8. The van der Waals surface area contributed by atoms with Crippen molar-refractivity contribution in [3.8, 4) is 0 Å². The molecule has 0 aliphatic heterocycles. The third-order valence-corrected chi connectivity index (χ3v) is 4.19. The average Bonchev–Trinajstić information content (AvgIpc) is 2.58. The molecule has 1 unspecified atom stereocenters. The zero-order valence-electron chi connectivity index (χ0n) is 14.8. The molecule has 2 N–H and O–H groups in total. The van der Waals surface area contributed by atoms with Crippen molar-refractivity contribution in [2.24, 2.45) is 0 Å². The second-order valence-electron chi connectivity index (χ2n) is 6.51. The lowest BCUT2D eigenvalue weighted by Gasteiger charge is -2.21. The summed E-state index contributed by atoms with van der Waals surface area (Å²) in [4.78, 5) is 0. The van der Waals surface area contributed by atoms with Gasteiger partial charge in [-0.15, -0.1) is 0 Å². The Morgan fingerprint density at radius 1 is 0.880 bits per heavy atom. The highest BCUT2D eigenvalue weighted by molar-refractivity contribution is 5.44. The largest absolute Gasteiger partial charge is 0.416 e. The summed E-state index contributed by atoms with van der Waals surface area (Å²) in [5.74, 6) is 0.474. The molecule has 0 fully saturated rings. The van der Waals surface area contributed by atoms with Crippen LogP contribution in [0.2, 0.25) is 0 Å². The maximum atomic E-state index is 12.7. The Balaban J connectivity index is 2.05. The number of hydrazine groups is 1. The Hall–Kier alpha value is -2.01. The van der Waals surface area contributed by atoms with E-state index in [2.05, 4.69) is 43.8 Å². The van der Waals surface area contributed by atoms with Crippen LogP contribution in [0.5, 0.6) is 0 Å². The standard InChI is InChI=1S/C20H25F3N2/c1-4-5-19(16-6-10-17(11-7-16)20(21,22)23)25-24-18-12-8-15(9-13-18)14(2)3/h6-14,19,24-25H,4-5H2,1-3H3. The number of benzene rings is 2. The summed E-state index contributed by atoms with van der Waals surface area (Å²) in [6.45, 7) is 6.33. The SMILES string of the molecule is CCCC(NNc1ccc(C(C)C)cc1)c1ccc(C(F)(F)F)cc1. The molecule has 0 amide bonds. The van der Waals surface area contributed by atoms with Crippen LogP contribution >= 0.6 is 0 Å². The highest BCUT2D eigenvalue weighted by Gasteiger charge is 2.30. The van der Waals surface area contributed by atoms with Crippen molar-refractivity contribution < 1.29 is 13.2 Å². The molecule has 2 rings (SSSR count). The highest BCUT2D eigenvalue weighted by atomic mass is 19.4. The number of hydrogen-bond donors (Lipinski definition) is 2. The van der Waals surface area contributed by atoms with Crippen LogP contribution in [0.25, 0.3) is 0 Å². The van der Waals surface area contributed by atoms with Gasteiger partial charge in [0.2, 0.25) is 0 Å². The van der Waals surface area contributed by atoms with Crippen molar-refractivity contribution in [3.05, 3.63) is 65.2 Å². The average molecular weight is 350 g/mol. The smallest absolute Gasteiger partial charge is 0.321 e. The Kier molecular flexibility index (Phi) is 6.48. The molecule has 2 aromatic rings. The maximum Gasteiger partial charge on any atom is 0.416 e. The van der Waals surface area contributed by atoms with Gasteiger partial charge in [0, 0.05) is 5.69 Å². The molecule has 0 saturated carbocycles. The highest BCUT2D eigenvalue weighted by Crippen LogP contribution is 2.30. The molecular formula is C20H25F3N2. The second kappa shape index (κ2) is 8.39. The minimum Gasteiger partial charge on any atom is -0.321 e. The maximum absolute atomic E-state index is 12.7. The summed E-state index contributed by atoms with van der Waals surface area (Å²) in [7, 11) is 0. The molecule has 0 saturated heterocycles. The number of alkyl halides is 3. The molecular weight excluding hydrogens is 325 g/mol. The van der Waals surface area contributed by atoms with E-state index in [-0.39, 0.29) is 6.04 Å². The molecule has 0 bridgehead atoms. The van der Waals surface area contributed by atoms with Gasteiger partial charge in [0.1, 0.15) is 0 Å². The van der Waals surface area contributed by atoms with Crippen LogP contribution in [-0.4, -0.2) is 0 Å². The van der Waals surface area contributed by atoms with E-state index in [9.17, 15) is 13.2 Å². The summed E-state index contributed by atoms with van der Waals surface area (Å²) in [5, 5.41) is 0. The van der Waals surface area contributed by atoms with Gasteiger partial charge < -0.3 is 5.43 Å². The summed E-state index contributed by atoms with van der Waals surface area (Å²) in [6, 6.07) is 13.4. The lowest BCUT2D eigenvalue weighted by atomic mass is 10.0. The first kappa shape index (κ1) is 19.3. The van der Waals surface area contributed by atoms with Gasteiger partial charge in [0.15, 0.2) is 0 Å². The van der Waals surface area contributed by atoms with Gasteiger partial charge in [-0.25, -0.2) is 5.43 Å². The molecule has 2 aromatic carbocycles. The molecule has 0 heterocycles. The van der Waals surface area contributed by atoms with Crippen LogP contribution < -0.4 is 10.9 Å². The molecule has 5 heteroatoms. The van der Waals surface area contributed by atoms with E-state index in [1.54, 1.807) is 12.1 Å². The van der Waals surface area contributed by atoms with Crippen molar-refractivity contribution in [2.75, 3.05) is 5.43 Å². The van der Waals surface area contributed by atoms with Gasteiger partial charge in [0.05, 0.1) is 11.6 Å². The van der Waals surface area contributed by atoms with E-state index in [0.29, 0.717) is 5.92 Å². The fraction of sp³-hybridized carbons (Fsp3) is 0.400. The van der Waals surface area contributed by atoms with Crippen LogP contribution in [-0.2, 0) is 6.18 Å². The van der Waals surface area contributed by atoms with Gasteiger partial charge in [-0.05, 0) is 47.7 Å². The van der Waals surface area contributed by atoms with E-state index in [4.69, 9.17) is 0 Å². The van der Waals surface area contributed by atoms with Crippen LogP contribution in [0.3, 0.4) is 0 Å². The molecule has 0 radical (unpaired) electrons. The Bertz CT molecular complexity index is 646. The monoisotopic (exact) mass is 350 g/mol. The Labute approximate surface area is 147 Å². The first-order valence-electron chi connectivity index (χ1n) is 8.60. The first-order valence-corrected chi connectivity index (χ1v) is 8.60. The van der Waals surface area contributed by atoms with Crippen molar-refractivity contribution >= 4 is 5.69 Å². The van der Waals surface area contributed by atoms with Crippen molar-refractivity contribution in [1.82, 2.24) is 5.43 Å². The van der Waals surface area contributed by atoms with E-state index in [0.717, 1.165) is 36.2 Å². The van der Waals surface area contributed by atoms with Crippen LogP contribution in [0.15, 0.2) is 48.5 Å². The zero-order chi connectivity index (χ0) is 18.4. The quantitative estimate of drug-likeness (QED) is 0.574. The van der Waals surface area contributed by atoms with E-state index >= 15 is 0 Å². The predicted octanol–water partition coefficient (Wildman–Crippen LogP) is 6.29. The van der Waals surface area contributed by atoms with Crippen molar-refractivity contribution in [2.45, 2.75) is 51.7 Å². The zero-order valence-corrected chi connectivity index (χ0v) is 14.8. The molecule has 1 atom stereocenters. The Morgan fingerprint density at radius 3 is 1.92 bits per heavy atom. The number of halogens is 3. The number of nitrogens with one attached hydrogen (secondary N) is 2. The topological polar surface area (TPSA) is 24.1 Å². The summed E-state index contributed by atoms with van der Waals surface area (Å²) < 4.78 is 38.1. The van der Waals surface area contributed by atoms with Gasteiger partial charge in [-0.1, -0.05) is 51.5 Å². The van der Waals surface area contributed by atoms with Gasteiger partial charge in [-0.3, -0.25) is 0 Å². The summed E-state index contributed by atoms with van der Waals surface area (Å²) in [5.41, 5.74) is 8.80. The third kappa shape index (κ3) is 5.49. The van der Waals surface area contributed by atoms with Crippen molar-refractivity contribution in [1.29, 1.82) is 0 Å². The molecule has 0 spiro atoms.